The molecule has 2 unspecified atom stereocenters. The molecule has 2 atom stereocenters. The molecule has 2 rings (SSSR count). The van der Waals surface area contributed by atoms with E-state index in [4.69, 9.17) is 0 Å². The Hall–Kier alpha value is -0.830. The number of aryl methyl sites for hydroxylation is 2. The predicted octanol–water partition coefficient (Wildman–Crippen LogP) is 1.90. The van der Waals surface area contributed by atoms with Crippen molar-refractivity contribution in [3.05, 3.63) is 18.0 Å². The first-order chi connectivity index (χ1) is 7.25. The van der Waals surface area contributed by atoms with Crippen LogP contribution in [0.2, 0.25) is 0 Å². The van der Waals surface area contributed by atoms with Crippen LogP contribution in [-0.2, 0) is 13.5 Å². The zero-order valence-corrected chi connectivity index (χ0v) is 9.39. The van der Waals surface area contributed by atoms with Crippen molar-refractivity contribution >= 4 is 0 Å². The van der Waals surface area contributed by atoms with E-state index in [1.165, 1.54) is 25.0 Å². The minimum absolute atomic E-state index is 0.0460. The minimum Gasteiger partial charge on any atom is -0.393 e. The molecule has 1 N–H and O–H groups in total. The summed E-state index contributed by atoms with van der Waals surface area (Å²) in [5.41, 5.74) is 1.30. The summed E-state index contributed by atoms with van der Waals surface area (Å²) in [6.45, 7) is 0. The van der Waals surface area contributed by atoms with Crippen molar-refractivity contribution in [1.82, 2.24) is 9.78 Å². The molecule has 1 aromatic rings. The molecular weight excluding hydrogens is 188 g/mol. The van der Waals surface area contributed by atoms with Gasteiger partial charge in [0, 0.05) is 18.9 Å². The number of nitrogens with zero attached hydrogens (tertiary/aromatic N) is 2. The van der Waals surface area contributed by atoms with Crippen molar-refractivity contribution in [3.63, 3.8) is 0 Å². The number of hydrogen-bond donors (Lipinski definition) is 1. The molecule has 0 aromatic carbocycles. The summed E-state index contributed by atoms with van der Waals surface area (Å²) in [5, 5.41) is 13.7. The first-order valence-electron chi connectivity index (χ1n) is 5.90. The van der Waals surface area contributed by atoms with Crippen LogP contribution in [0.1, 0.15) is 37.8 Å². The van der Waals surface area contributed by atoms with E-state index >= 15 is 0 Å². The van der Waals surface area contributed by atoms with E-state index in [0.717, 1.165) is 19.3 Å². The van der Waals surface area contributed by atoms with Gasteiger partial charge in [-0.3, -0.25) is 4.68 Å². The summed E-state index contributed by atoms with van der Waals surface area (Å²) >= 11 is 0. The van der Waals surface area contributed by atoms with Gasteiger partial charge in [0.15, 0.2) is 0 Å². The molecule has 1 fully saturated rings. The van der Waals surface area contributed by atoms with Crippen LogP contribution in [0.25, 0.3) is 0 Å². The highest BCUT2D eigenvalue weighted by Crippen LogP contribution is 2.27. The highest BCUT2D eigenvalue weighted by atomic mass is 16.3. The van der Waals surface area contributed by atoms with Crippen molar-refractivity contribution in [2.45, 2.75) is 44.6 Å². The summed E-state index contributed by atoms with van der Waals surface area (Å²) in [4.78, 5) is 0. The SMILES string of the molecule is Cn1nccc1CCC1CCCC(O)C1. The third-order valence-electron chi connectivity index (χ3n) is 3.49. The van der Waals surface area contributed by atoms with Crippen LogP contribution in [0.3, 0.4) is 0 Å². The van der Waals surface area contributed by atoms with Crippen LogP contribution in [0.5, 0.6) is 0 Å². The standard InChI is InChI=1S/C12H20N2O/c1-14-11(7-8-13-14)6-5-10-3-2-4-12(15)9-10/h7-8,10,12,15H,2-6,9H2,1H3. The molecule has 1 saturated carbocycles. The first-order valence-corrected chi connectivity index (χ1v) is 5.90. The Morgan fingerprint density at radius 1 is 1.53 bits per heavy atom. The summed E-state index contributed by atoms with van der Waals surface area (Å²) in [6.07, 6.45) is 8.57. The molecule has 1 aliphatic carbocycles. The van der Waals surface area contributed by atoms with Crippen LogP contribution >= 0.6 is 0 Å². The fourth-order valence-electron chi connectivity index (χ4n) is 2.52. The molecule has 0 saturated heterocycles. The lowest BCUT2D eigenvalue weighted by atomic mass is 9.84. The predicted molar refractivity (Wildman–Crippen MR) is 59.5 cm³/mol. The molecule has 84 valence electrons. The van der Waals surface area contributed by atoms with E-state index in [2.05, 4.69) is 11.2 Å². The van der Waals surface area contributed by atoms with Gasteiger partial charge in [-0.15, -0.1) is 0 Å². The molecule has 1 aromatic heterocycles. The van der Waals surface area contributed by atoms with Crippen molar-refractivity contribution in [2.75, 3.05) is 0 Å². The van der Waals surface area contributed by atoms with Gasteiger partial charge in [0.25, 0.3) is 0 Å². The average molecular weight is 208 g/mol. The Kier molecular flexibility index (Phi) is 3.41. The Balaban J connectivity index is 1.80. The summed E-state index contributed by atoms with van der Waals surface area (Å²) in [6, 6.07) is 2.08. The average Bonchev–Trinajstić information content (AvgIpc) is 2.61. The van der Waals surface area contributed by atoms with Gasteiger partial charge >= 0.3 is 0 Å². The molecule has 1 heterocycles. The summed E-state index contributed by atoms with van der Waals surface area (Å²) in [7, 11) is 1.99. The topological polar surface area (TPSA) is 38.0 Å². The van der Waals surface area contributed by atoms with Crippen LogP contribution in [0, 0.1) is 5.92 Å². The van der Waals surface area contributed by atoms with Gasteiger partial charge in [0.1, 0.15) is 0 Å². The zero-order valence-electron chi connectivity index (χ0n) is 9.39. The lowest BCUT2D eigenvalue weighted by Gasteiger charge is -2.25. The largest absolute Gasteiger partial charge is 0.393 e. The molecule has 0 amide bonds. The second-order valence-corrected chi connectivity index (χ2v) is 4.67. The molecule has 0 spiro atoms. The molecule has 3 nitrogen and oxygen atoms in total. The Morgan fingerprint density at radius 2 is 2.40 bits per heavy atom. The quantitative estimate of drug-likeness (QED) is 0.824. The smallest absolute Gasteiger partial charge is 0.0542 e. The van der Waals surface area contributed by atoms with Crippen LogP contribution < -0.4 is 0 Å². The van der Waals surface area contributed by atoms with Crippen LogP contribution in [0.15, 0.2) is 12.3 Å². The van der Waals surface area contributed by atoms with Gasteiger partial charge in [-0.2, -0.15) is 5.10 Å². The van der Waals surface area contributed by atoms with E-state index in [0.29, 0.717) is 5.92 Å². The Morgan fingerprint density at radius 3 is 3.07 bits per heavy atom. The van der Waals surface area contributed by atoms with Gasteiger partial charge < -0.3 is 5.11 Å². The van der Waals surface area contributed by atoms with Crippen LogP contribution in [0.4, 0.5) is 0 Å². The third kappa shape index (κ3) is 2.81. The van der Waals surface area contributed by atoms with E-state index < -0.39 is 0 Å². The fraction of sp³-hybridized carbons (Fsp3) is 0.750. The second kappa shape index (κ2) is 4.79. The number of hydrogen-bond acceptors (Lipinski definition) is 2. The molecule has 0 aliphatic heterocycles. The van der Waals surface area contributed by atoms with Crippen molar-refractivity contribution < 1.29 is 5.11 Å². The maximum absolute atomic E-state index is 9.57. The number of aliphatic hydroxyl groups excluding tert-OH is 1. The van der Waals surface area contributed by atoms with E-state index in [9.17, 15) is 5.11 Å². The highest BCUT2D eigenvalue weighted by molar-refractivity contribution is 5.00. The van der Waals surface area contributed by atoms with Gasteiger partial charge in [0.2, 0.25) is 0 Å². The molecule has 15 heavy (non-hydrogen) atoms. The first kappa shape index (κ1) is 10.7. The normalized spacial score (nSPS) is 26.8. The molecule has 0 bridgehead atoms. The van der Waals surface area contributed by atoms with E-state index in [1.807, 2.05) is 17.9 Å². The fourth-order valence-corrected chi connectivity index (χ4v) is 2.52. The van der Waals surface area contributed by atoms with Crippen molar-refractivity contribution in [2.24, 2.45) is 13.0 Å². The third-order valence-corrected chi connectivity index (χ3v) is 3.49. The molecule has 0 radical (unpaired) electrons. The minimum atomic E-state index is -0.0460. The van der Waals surface area contributed by atoms with E-state index in [-0.39, 0.29) is 6.10 Å². The van der Waals surface area contributed by atoms with Crippen molar-refractivity contribution in [3.8, 4) is 0 Å². The molecule has 1 aliphatic rings. The van der Waals surface area contributed by atoms with Gasteiger partial charge in [-0.25, -0.2) is 0 Å². The van der Waals surface area contributed by atoms with Gasteiger partial charge in [-0.1, -0.05) is 12.8 Å². The van der Waals surface area contributed by atoms with Gasteiger partial charge in [-0.05, 0) is 37.7 Å². The molecular formula is C12H20N2O. The summed E-state index contributed by atoms with van der Waals surface area (Å²) < 4.78 is 1.94. The maximum atomic E-state index is 9.57. The van der Waals surface area contributed by atoms with Crippen molar-refractivity contribution in [1.29, 1.82) is 0 Å². The van der Waals surface area contributed by atoms with Gasteiger partial charge in [0.05, 0.1) is 6.10 Å². The second-order valence-electron chi connectivity index (χ2n) is 4.67. The Bertz CT molecular complexity index is 308. The maximum Gasteiger partial charge on any atom is 0.0542 e. The number of aliphatic hydroxyl groups is 1. The van der Waals surface area contributed by atoms with Crippen LogP contribution in [-0.4, -0.2) is 21.0 Å². The Labute approximate surface area is 91.1 Å². The molecule has 3 heteroatoms. The monoisotopic (exact) mass is 208 g/mol. The number of aromatic nitrogens is 2. The number of rotatable bonds is 3. The lowest BCUT2D eigenvalue weighted by molar-refractivity contribution is 0.0982. The highest BCUT2D eigenvalue weighted by Gasteiger charge is 2.19. The van der Waals surface area contributed by atoms with E-state index in [1.54, 1.807) is 0 Å². The zero-order chi connectivity index (χ0) is 10.7. The lowest BCUT2D eigenvalue weighted by Crippen LogP contribution is -2.20. The summed E-state index contributed by atoms with van der Waals surface area (Å²) in [5.74, 6) is 0.712.